The molecule has 0 aliphatic heterocycles. The highest BCUT2D eigenvalue weighted by atomic mass is 15.3. The second kappa shape index (κ2) is 7.94. The van der Waals surface area contributed by atoms with Crippen LogP contribution in [0.15, 0.2) is 0 Å². The molecule has 0 aromatic heterocycles. The molecule has 0 spiro atoms. The number of hydrazine groups is 1. The lowest BCUT2D eigenvalue weighted by molar-refractivity contribution is 0.0346. The van der Waals surface area contributed by atoms with E-state index in [2.05, 4.69) is 31.3 Å². The first-order valence-corrected chi connectivity index (χ1v) is 9.27. The number of nitrogens with one attached hydrogen (secondary N) is 1. The Kier molecular flexibility index (Phi) is 6.51. The zero-order valence-corrected chi connectivity index (χ0v) is 14.5. The molecule has 0 heterocycles. The standard InChI is InChI=1S/C18H37N3/c1-4-15-10-9-11-16(14-15)17(20-19)18(21(2)3)12-7-5-6-8-13-18/h15-17,20H,4-14,19H2,1-3H3. The van der Waals surface area contributed by atoms with Crippen LogP contribution in [0.2, 0.25) is 0 Å². The molecule has 0 saturated heterocycles. The second-order valence-electron chi connectivity index (χ2n) is 7.76. The van der Waals surface area contributed by atoms with Crippen molar-refractivity contribution in [3.05, 3.63) is 0 Å². The smallest absolute Gasteiger partial charge is 0.0422 e. The summed E-state index contributed by atoms with van der Waals surface area (Å²) in [6, 6.07) is 0.458. The van der Waals surface area contributed by atoms with Gasteiger partial charge >= 0.3 is 0 Å². The summed E-state index contributed by atoms with van der Waals surface area (Å²) in [6.45, 7) is 2.35. The van der Waals surface area contributed by atoms with Gasteiger partial charge < -0.3 is 4.90 Å². The molecule has 3 unspecified atom stereocenters. The lowest BCUT2D eigenvalue weighted by Gasteiger charge is -2.50. The monoisotopic (exact) mass is 295 g/mol. The summed E-state index contributed by atoms with van der Waals surface area (Å²) in [5.41, 5.74) is 3.56. The van der Waals surface area contributed by atoms with Crippen molar-refractivity contribution in [2.45, 2.75) is 89.1 Å². The number of hydrogen-bond donors (Lipinski definition) is 2. The number of nitrogens with two attached hydrogens (primary N) is 1. The molecule has 2 fully saturated rings. The summed E-state index contributed by atoms with van der Waals surface area (Å²) in [6.07, 6.45) is 15.0. The summed E-state index contributed by atoms with van der Waals surface area (Å²) in [5, 5.41) is 0. The Morgan fingerprint density at radius 3 is 2.29 bits per heavy atom. The van der Waals surface area contributed by atoms with E-state index in [1.807, 2.05) is 0 Å². The molecule has 0 aromatic rings. The van der Waals surface area contributed by atoms with Gasteiger partial charge in [-0.15, -0.1) is 0 Å². The van der Waals surface area contributed by atoms with Gasteiger partial charge in [0, 0.05) is 11.6 Å². The predicted molar refractivity (Wildman–Crippen MR) is 91.0 cm³/mol. The highest BCUT2D eigenvalue weighted by Gasteiger charge is 2.44. The average molecular weight is 296 g/mol. The average Bonchev–Trinajstić information content (AvgIpc) is 2.75. The minimum absolute atomic E-state index is 0.269. The molecule has 21 heavy (non-hydrogen) atoms. The van der Waals surface area contributed by atoms with E-state index in [9.17, 15) is 0 Å². The molecule has 0 radical (unpaired) electrons. The Labute approximate surface area is 132 Å². The maximum atomic E-state index is 6.12. The van der Waals surface area contributed by atoms with Crippen molar-refractivity contribution in [3.8, 4) is 0 Å². The van der Waals surface area contributed by atoms with E-state index in [1.54, 1.807) is 0 Å². The summed E-state index contributed by atoms with van der Waals surface area (Å²) in [5.74, 6) is 7.80. The molecule has 0 amide bonds. The molecule has 3 atom stereocenters. The molecule has 2 aliphatic carbocycles. The molecule has 3 N–H and O–H groups in total. The van der Waals surface area contributed by atoms with Gasteiger partial charge in [0.25, 0.3) is 0 Å². The van der Waals surface area contributed by atoms with Crippen LogP contribution in [0.5, 0.6) is 0 Å². The van der Waals surface area contributed by atoms with Gasteiger partial charge in [-0.25, -0.2) is 0 Å². The second-order valence-corrected chi connectivity index (χ2v) is 7.76. The van der Waals surface area contributed by atoms with Gasteiger partial charge in [-0.1, -0.05) is 51.9 Å². The topological polar surface area (TPSA) is 41.3 Å². The highest BCUT2D eigenvalue weighted by Crippen LogP contribution is 2.42. The van der Waals surface area contributed by atoms with E-state index in [0.29, 0.717) is 6.04 Å². The minimum atomic E-state index is 0.269. The number of rotatable bonds is 5. The fourth-order valence-corrected chi connectivity index (χ4v) is 5.11. The molecule has 124 valence electrons. The Hall–Kier alpha value is -0.120. The zero-order valence-electron chi connectivity index (χ0n) is 14.5. The minimum Gasteiger partial charge on any atom is -0.302 e. The van der Waals surface area contributed by atoms with Crippen molar-refractivity contribution >= 4 is 0 Å². The van der Waals surface area contributed by atoms with Crippen LogP contribution in [0.4, 0.5) is 0 Å². The van der Waals surface area contributed by atoms with Gasteiger partial charge in [-0.2, -0.15) is 0 Å². The van der Waals surface area contributed by atoms with Crippen molar-refractivity contribution in [3.63, 3.8) is 0 Å². The van der Waals surface area contributed by atoms with Crippen LogP contribution in [-0.2, 0) is 0 Å². The van der Waals surface area contributed by atoms with Crippen molar-refractivity contribution in [1.29, 1.82) is 0 Å². The van der Waals surface area contributed by atoms with Crippen molar-refractivity contribution < 1.29 is 0 Å². The molecule has 2 rings (SSSR count). The van der Waals surface area contributed by atoms with E-state index < -0.39 is 0 Å². The first-order chi connectivity index (χ1) is 10.1. The Balaban J connectivity index is 2.18. The van der Waals surface area contributed by atoms with Gasteiger partial charge in [0.1, 0.15) is 0 Å². The number of hydrogen-bond acceptors (Lipinski definition) is 3. The van der Waals surface area contributed by atoms with Crippen LogP contribution in [0.3, 0.4) is 0 Å². The van der Waals surface area contributed by atoms with Crippen LogP contribution >= 0.6 is 0 Å². The van der Waals surface area contributed by atoms with E-state index in [-0.39, 0.29) is 5.54 Å². The summed E-state index contributed by atoms with van der Waals surface area (Å²) >= 11 is 0. The van der Waals surface area contributed by atoms with E-state index >= 15 is 0 Å². The number of nitrogens with zero attached hydrogens (tertiary/aromatic N) is 1. The van der Waals surface area contributed by atoms with Crippen LogP contribution < -0.4 is 11.3 Å². The molecular weight excluding hydrogens is 258 g/mol. The van der Waals surface area contributed by atoms with E-state index in [0.717, 1.165) is 11.8 Å². The third-order valence-electron chi connectivity index (χ3n) is 6.49. The van der Waals surface area contributed by atoms with E-state index in [4.69, 9.17) is 5.84 Å². The third kappa shape index (κ3) is 3.80. The Morgan fingerprint density at radius 2 is 1.76 bits per heavy atom. The molecule has 3 heteroatoms. The summed E-state index contributed by atoms with van der Waals surface area (Å²) in [4.78, 5) is 2.50. The first kappa shape index (κ1) is 17.2. The number of likely N-dealkylation sites (N-methyl/N-ethyl adjacent to an activating group) is 1. The predicted octanol–water partition coefficient (Wildman–Crippen LogP) is 3.69. The largest absolute Gasteiger partial charge is 0.302 e. The van der Waals surface area contributed by atoms with Crippen LogP contribution in [0.1, 0.15) is 77.6 Å². The summed E-state index contributed by atoms with van der Waals surface area (Å²) in [7, 11) is 4.55. The van der Waals surface area contributed by atoms with Gasteiger partial charge in [0.2, 0.25) is 0 Å². The van der Waals surface area contributed by atoms with Gasteiger partial charge in [0.05, 0.1) is 0 Å². The molecule has 0 aromatic carbocycles. The van der Waals surface area contributed by atoms with Crippen LogP contribution in [0.25, 0.3) is 0 Å². The summed E-state index contributed by atoms with van der Waals surface area (Å²) < 4.78 is 0. The van der Waals surface area contributed by atoms with Crippen LogP contribution in [0, 0.1) is 11.8 Å². The van der Waals surface area contributed by atoms with Gasteiger partial charge in [0.15, 0.2) is 0 Å². The molecule has 0 bridgehead atoms. The zero-order chi connectivity index (χ0) is 15.3. The maximum Gasteiger partial charge on any atom is 0.0422 e. The Bertz CT molecular complexity index is 295. The normalized spacial score (nSPS) is 31.9. The SMILES string of the molecule is CCC1CCCC(C(NN)C2(N(C)C)CCCCCC2)C1. The van der Waals surface area contributed by atoms with Gasteiger partial charge in [-0.05, 0) is 51.6 Å². The fraction of sp³-hybridized carbons (Fsp3) is 1.00. The quantitative estimate of drug-likeness (QED) is 0.462. The molecule has 2 aliphatic rings. The lowest BCUT2D eigenvalue weighted by atomic mass is 9.68. The van der Waals surface area contributed by atoms with E-state index in [1.165, 1.54) is 70.6 Å². The maximum absolute atomic E-state index is 6.12. The third-order valence-corrected chi connectivity index (χ3v) is 6.49. The Morgan fingerprint density at radius 1 is 1.10 bits per heavy atom. The van der Waals surface area contributed by atoms with Crippen molar-refractivity contribution in [1.82, 2.24) is 10.3 Å². The fourth-order valence-electron chi connectivity index (χ4n) is 5.11. The lowest BCUT2D eigenvalue weighted by Crippen LogP contribution is -2.63. The van der Waals surface area contributed by atoms with Crippen molar-refractivity contribution in [2.75, 3.05) is 14.1 Å². The molecule has 2 saturated carbocycles. The van der Waals surface area contributed by atoms with Crippen molar-refractivity contribution in [2.24, 2.45) is 17.7 Å². The molecule has 3 nitrogen and oxygen atoms in total. The highest BCUT2D eigenvalue weighted by molar-refractivity contribution is 5.02. The molecular formula is C18H37N3. The first-order valence-electron chi connectivity index (χ1n) is 9.27. The van der Waals surface area contributed by atoms with Gasteiger partial charge in [-0.3, -0.25) is 11.3 Å². The van der Waals surface area contributed by atoms with Crippen LogP contribution in [-0.4, -0.2) is 30.6 Å².